The van der Waals surface area contributed by atoms with E-state index in [-0.39, 0.29) is 0 Å². The Morgan fingerprint density at radius 3 is 2.50 bits per heavy atom. The molecule has 0 aliphatic heterocycles. The Hall–Kier alpha value is -1.12. The molecule has 1 atom stereocenters. The molecular weight excluding hydrogens is 286 g/mol. The van der Waals surface area contributed by atoms with Gasteiger partial charge in [-0.1, -0.05) is 42.8 Å². The predicted octanol–water partition coefficient (Wildman–Crippen LogP) is 5.50. The summed E-state index contributed by atoms with van der Waals surface area (Å²) in [5.41, 5.74) is 2.52. The highest BCUT2D eigenvalue weighted by molar-refractivity contribution is 7.99. The van der Waals surface area contributed by atoms with Gasteiger partial charge >= 0.3 is 0 Å². The summed E-state index contributed by atoms with van der Waals surface area (Å²) in [7, 11) is 0. The lowest BCUT2D eigenvalue weighted by atomic mass is 10.1. The van der Waals surface area contributed by atoms with Crippen molar-refractivity contribution in [3.63, 3.8) is 0 Å². The maximum atomic E-state index is 5.92. The maximum absolute atomic E-state index is 5.92. The SMILES string of the molecule is CCSc1ccccc1NC(C)Cc1ccc(Cl)cc1. The van der Waals surface area contributed by atoms with Crippen molar-refractivity contribution in [3.05, 3.63) is 59.1 Å². The van der Waals surface area contributed by atoms with Gasteiger partial charge in [0.15, 0.2) is 0 Å². The quantitative estimate of drug-likeness (QED) is 0.708. The van der Waals surface area contributed by atoms with Crippen molar-refractivity contribution in [2.24, 2.45) is 0 Å². The molecule has 2 aromatic carbocycles. The Bertz CT molecular complexity index is 539. The number of nitrogens with one attached hydrogen (secondary N) is 1. The molecule has 0 saturated carbocycles. The number of rotatable bonds is 6. The topological polar surface area (TPSA) is 12.0 Å². The second-order valence-corrected chi connectivity index (χ2v) is 6.55. The van der Waals surface area contributed by atoms with Gasteiger partial charge in [-0.15, -0.1) is 11.8 Å². The zero-order valence-corrected chi connectivity index (χ0v) is 13.5. The van der Waals surface area contributed by atoms with Crippen molar-refractivity contribution in [2.75, 3.05) is 11.1 Å². The fourth-order valence-corrected chi connectivity index (χ4v) is 3.05. The van der Waals surface area contributed by atoms with E-state index >= 15 is 0 Å². The normalized spacial score (nSPS) is 12.2. The van der Waals surface area contributed by atoms with E-state index in [4.69, 9.17) is 11.6 Å². The molecule has 0 saturated heterocycles. The first-order valence-corrected chi connectivity index (χ1v) is 8.28. The molecule has 0 aliphatic rings. The van der Waals surface area contributed by atoms with E-state index in [0.717, 1.165) is 17.2 Å². The van der Waals surface area contributed by atoms with Gasteiger partial charge in [0.2, 0.25) is 0 Å². The van der Waals surface area contributed by atoms with Crippen molar-refractivity contribution < 1.29 is 0 Å². The number of hydrogen-bond donors (Lipinski definition) is 1. The van der Waals surface area contributed by atoms with Crippen LogP contribution in [0.5, 0.6) is 0 Å². The molecule has 0 heterocycles. The Labute approximate surface area is 130 Å². The monoisotopic (exact) mass is 305 g/mol. The van der Waals surface area contributed by atoms with Crippen molar-refractivity contribution in [1.82, 2.24) is 0 Å². The summed E-state index contributed by atoms with van der Waals surface area (Å²) in [6, 6.07) is 17.0. The molecule has 3 heteroatoms. The summed E-state index contributed by atoms with van der Waals surface area (Å²) in [6.07, 6.45) is 0.988. The van der Waals surface area contributed by atoms with Crippen LogP contribution < -0.4 is 5.32 Å². The molecule has 2 rings (SSSR count). The standard InChI is InChI=1S/C17H20ClNS/c1-3-20-17-7-5-4-6-16(17)19-13(2)12-14-8-10-15(18)11-9-14/h4-11,13,19H,3,12H2,1-2H3. The van der Waals surface area contributed by atoms with Crippen LogP contribution in [0.4, 0.5) is 5.69 Å². The third kappa shape index (κ3) is 4.46. The van der Waals surface area contributed by atoms with Crippen molar-refractivity contribution in [1.29, 1.82) is 0 Å². The first-order chi connectivity index (χ1) is 9.69. The highest BCUT2D eigenvalue weighted by atomic mass is 35.5. The largest absolute Gasteiger partial charge is 0.381 e. The van der Waals surface area contributed by atoms with Crippen molar-refractivity contribution >= 4 is 29.1 Å². The lowest BCUT2D eigenvalue weighted by molar-refractivity contribution is 0.787. The summed E-state index contributed by atoms with van der Waals surface area (Å²) in [4.78, 5) is 1.32. The zero-order chi connectivity index (χ0) is 14.4. The summed E-state index contributed by atoms with van der Waals surface area (Å²) < 4.78 is 0. The maximum Gasteiger partial charge on any atom is 0.0480 e. The van der Waals surface area contributed by atoms with Gasteiger partial charge in [0.25, 0.3) is 0 Å². The molecule has 1 N–H and O–H groups in total. The van der Waals surface area contributed by atoms with Gasteiger partial charge in [0, 0.05) is 21.6 Å². The van der Waals surface area contributed by atoms with Gasteiger partial charge < -0.3 is 5.32 Å². The molecule has 2 aromatic rings. The molecule has 0 spiro atoms. The van der Waals surface area contributed by atoms with Crippen molar-refractivity contribution in [2.45, 2.75) is 31.2 Å². The number of thioether (sulfide) groups is 1. The number of benzene rings is 2. The van der Waals surface area contributed by atoms with Crippen LogP contribution in [-0.2, 0) is 6.42 Å². The fourth-order valence-electron chi connectivity index (χ4n) is 2.16. The van der Waals surface area contributed by atoms with Crippen LogP contribution in [0.3, 0.4) is 0 Å². The van der Waals surface area contributed by atoms with Gasteiger partial charge in [-0.2, -0.15) is 0 Å². The minimum Gasteiger partial charge on any atom is -0.381 e. The average Bonchev–Trinajstić information content (AvgIpc) is 2.44. The number of para-hydroxylation sites is 1. The van der Waals surface area contributed by atoms with Crippen LogP contribution >= 0.6 is 23.4 Å². The lowest BCUT2D eigenvalue weighted by Gasteiger charge is -2.18. The van der Waals surface area contributed by atoms with Crippen LogP contribution in [0.2, 0.25) is 5.02 Å². The third-order valence-corrected chi connectivity index (χ3v) is 4.25. The first kappa shape index (κ1) is 15.3. The van der Waals surface area contributed by atoms with E-state index in [1.54, 1.807) is 0 Å². The molecule has 0 bridgehead atoms. The smallest absolute Gasteiger partial charge is 0.0480 e. The average molecular weight is 306 g/mol. The van der Waals surface area contributed by atoms with E-state index < -0.39 is 0 Å². The van der Waals surface area contributed by atoms with Crippen LogP contribution in [-0.4, -0.2) is 11.8 Å². The number of anilines is 1. The predicted molar refractivity (Wildman–Crippen MR) is 91.1 cm³/mol. The van der Waals surface area contributed by atoms with Gasteiger partial charge in [0.05, 0.1) is 0 Å². The Morgan fingerprint density at radius 2 is 1.80 bits per heavy atom. The van der Waals surface area contributed by atoms with Crippen LogP contribution in [0.1, 0.15) is 19.4 Å². The summed E-state index contributed by atoms with van der Waals surface area (Å²) in [5, 5.41) is 4.40. The summed E-state index contributed by atoms with van der Waals surface area (Å²) >= 11 is 7.79. The van der Waals surface area contributed by atoms with Crippen LogP contribution in [0.15, 0.2) is 53.4 Å². The molecular formula is C17H20ClNS. The molecule has 1 unspecified atom stereocenters. The molecule has 0 fully saturated rings. The van der Waals surface area contributed by atoms with E-state index in [0.29, 0.717) is 6.04 Å². The van der Waals surface area contributed by atoms with E-state index in [9.17, 15) is 0 Å². The molecule has 20 heavy (non-hydrogen) atoms. The van der Waals surface area contributed by atoms with Gasteiger partial charge in [-0.05, 0) is 48.9 Å². The highest BCUT2D eigenvalue weighted by Gasteiger charge is 2.07. The molecule has 0 radical (unpaired) electrons. The minimum absolute atomic E-state index is 0.384. The van der Waals surface area contributed by atoms with Crippen molar-refractivity contribution in [3.8, 4) is 0 Å². The van der Waals surface area contributed by atoms with E-state index in [2.05, 4.69) is 55.6 Å². The molecule has 0 aliphatic carbocycles. The molecule has 1 nitrogen and oxygen atoms in total. The third-order valence-electron chi connectivity index (χ3n) is 3.04. The van der Waals surface area contributed by atoms with E-state index in [1.165, 1.54) is 16.1 Å². The Balaban J connectivity index is 2.00. The van der Waals surface area contributed by atoms with Gasteiger partial charge in [-0.25, -0.2) is 0 Å². The Kier molecular flexibility index (Phi) is 5.81. The molecule has 0 aromatic heterocycles. The van der Waals surface area contributed by atoms with Crippen LogP contribution in [0.25, 0.3) is 0 Å². The lowest BCUT2D eigenvalue weighted by Crippen LogP contribution is -2.18. The van der Waals surface area contributed by atoms with Crippen LogP contribution in [0, 0.1) is 0 Å². The van der Waals surface area contributed by atoms with Gasteiger partial charge in [0.1, 0.15) is 0 Å². The van der Waals surface area contributed by atoms with E-state index in [1.807, 2.05) is 23.9 Å². The fraction of sp³-hybridized carbons (Fsp3) is 0.294. The minimum atomic E-state index is 0.384. The van der Waals surface area contributed by atoms with Gasteiger partial charge in [-0.3, -0.25) is 0 Å². The first-order valence-electron chi connectivity index (χ1n) is 6.92. The summed E-state index contributed by atoms with van der Waals surface area (Å²) in [5.74, 6) is 1.09. The molecule has 106 valence electrons. The zero-order valence-electron chi connectivity index (χ0n) is 11.9. The molecule has 0 amide bonds. The second kappa shape index (κ2) is 7.61. The number of halogens is 1. The Morgan fingerprint density at radius 1 is 1.10 bits per heavy atom. The number of hydrogen-bond acceptors (Lipinski definition) is 2. The summed E-state index contributed by atoms with van der Waals surface area (Å²) in [6.45, 7) is 4.39. The second-order valence-electron chi connectivity index (χ2n) is 4.81. The highest BCUT2D eigenvalue weighted by Crippen LogP contribution is 2.27.